The number of nitrogens with one attached hydrogen (secondary N) is 1. The molecule has 7 heteroatoms. The average Bonchev–Trinajstić information content (AvgIpc) is 3.36. The number of aromatic nitrogens is 2. The van der Waals surface area contributed by atoms with Crippen LogP contribution in [0, 0.1) is 0 Å². The van der Waals surface area contributed by atoms with Crippen LogP contribution in [0.1, 0.15) is 12.5 Å². The molecular formula is C24H20N4OS2. The number of carbonyl (C=O) groups is 1. The second kappa shape index (κ2) is 8.53. The normalized spacial score (nSPS) is 11.8. The Morgan fingerprint density at radius 1 is 1.10 bits per heavy atom. The fourth-order valence-corrected chi connectivity index (χ4v) is 5.60. The molecule has 0 spiro atoms. The van der Waals surface area contributed by atoms with Crippen LogP contribution >= 0.6 is 23.1 Å². The summed E-state index contributed by atoms with van der Waals surface area (Å²) >= 11 is 3.02. The molecule has 0 saturated heterocycles. The Morgan fingerprint density at radius 2 is 1.90 bits per heavy atom. The van der Waals surface area contributed by atoms with Gasteiger partial charge in [0.2, 0.25) is 0 Å². The summed E-state index contributed by atoms with van der Waals surface area (Å²) in [5.41, 5.74) is 6.97. The van der Waals surface area contributed by atoms with Crippen molar-refractivity contribution < 1.29 is 4.79 Å². The summed E-state index contributed by atoms with van der Waals surface area (Å²) in [5, 5.41) is 6.57. The predicted octanol–water partition coefficient (Wildman–Crippen LogP) is 5.67. The monoisotopic (exact) mass is 444 g/mol. The number of rotatable bonds is 6. The highest BCUT2D eigenvalue weighted by Gasteiger charge is 2.09. The standard InChI is InChI=1S/C24H20N4OS2/c1-2-28-20-9-5-3-7-17(20)18-13-16(11-12-21(18)28)14-25-27-23(29)15-30-24-26-19-8-4-6-10-22(19)31-24/h3-14H,2,15H2,1H3,(H,27,29)/b25-14+. The second-order valence-corrected chi connectivity index (χ2v) is 9.32. The van der Waals surface area contributed by atoms with Crippen LogP contribution in [-0.2, 0) is 11.3 Å². The van der Waals surface area contributed by atoms with Crippen molar-refractivity contribution in [3.05, 3.63) is 72.3 Å². The number of benzene rings is 3. The molecule has 1 N–H and O–H groups in total. The zero-order valence-corrected chi connectivity index (χ0v) is 18.5. The van der Waals surface area contributed by atoms with Crippen molar-refractivity contribution in [3.8, 4) is 0 Å². The van der Waals surface area contributed by atoms with Gasteiger partial charge in [-0.05, 0) is 42.8 Å². The molecule has 0 saturated carbocycles. The average molecular weight is 445 g/mol. The number of hydrogen-bond donors (Lipinski definition) is 1. The molecule has 154 valence electrons. The van der Waals surface area contributed by atoms with Crippen LogP contribution in [0.3, 0.4) is 0 Å². The minimum Gasteiger partial charge on any atom is -0.341 e. The number of amides is 1. The number of fused-ring (bicyclic) bond motifs is 4. The maximum absolute atomic E-state index is 12.2. The van der Waals surface area contributed by atoms with E-state index in [9.17, 15) is 4.79 Å². The Labute approximate surface area is 187 Å². The summed E-state index contributed by atoms with van der Waals surface area (Å²) in [7, 11) is 0. The first-order valence-corrected chi connectivity index (χ1v) is 11.8. The van der Waals surface area contributed by atoms with E-state index >= 15 is 0 Å². The highest BCUT2D eigenvalue weighted by Crippen LogP contribution is 2.30. The first-order chi connectivity index (χ1) is 15.2. The number of thiazole rings is 1. The number of hydrazone groups is 1. The molecular weight excluding hydrogens is 424 g/mol. The van der Waals surface area contributed by atoms with Crippen LogP contribution in [0.2, 0.25) is 0 Å². The summed E-state index contributed by atoms with van der Waals surface area (Å²) in [6, 6.07) is 22.7. The lowest BCUT2D eigenvalue weighted by Gasteiger charge is -2.02. The maximum atomic E-state index is 12.2. The van der Waals surface area contributed by atoms with Crippen LogP contribution < -0.4 is 5.43 Å². The van der Waals surface area contributed by atoms with Crippen molar-refractivity contribution in [2.45, 2.75) is 17.8 Å². The molecule has 31 heavy (non-hydrogen) atoms. The molecule has 0 radical (unpaired) electrons. The van der Waals surface area contributed by atoms with Gasteiger partial charge in [0.1, 0.15) is 0 Å². The number of para-hydroxylation sites is 2. The Morgan fingerprint density at radius 3 is 2.77 bits per heavy atom. The van der Waals surface area contributed by atoms with Gasteiger partial charge in [-0.15, -0.1) is 11.3 Å². The molecule has 2 heterocycles. The van der Waals surface area contributed by atoms with Gasteiger partial charge < -0.3 is 4.57 Å². The summed E-state index contributed by atoms with van der Waals surface area (Å²) in [6.07, 6.45) is 1.69. The van der Waals surface area contributed by atoms with Gasteiger partial charge in [-0.3, -0.25) is 4.79 Å². The zero-order chi connectivity index (χ0) is 21.2. The minimum atomic E-state index is -0.149. The molecule has 1 amide bonds. The van der Waals surface area contributed by atoms with E-state index in [-0.39, 0.29) is 11.7 Å². The van der Waals surface area contributed by atoms with Gasteiger partial charge in [0, 0.05) is 28.4 Å². The molecule has 0 aliphatic carbocycles. The van der Waals surface area contributed by atoms with Gasteiger partial charge in [-0.25, -0.2) is 10.4 Å². The van der Waals surface area contributed by atoms with Crippen LogP contribution in [-0.4, -0.2) is 27.4 Å². The van der Waals surface area contributed by atoms with Crippen molar-refractivity contribution >= 4 is 67.2 Å². The summed E-state index contributed by atoms with van der Waals surface area (Å²) in [6.45, 7) is 3.07. The number of hydrogen-bond acceptors (Lipinski definition) is 5. The van der Waals surface area contributed by atoms with Crippen molar-refractivity contribution in [2.75, 3.05) is 5.75 Å². The first kappa shape index (κ1) is 19.8. The smallest absolute Gasteiger partial charge is 0.250 e. The lowest BCUT2D eigenvalue weighted by Crippen LogP contribution is -2.19. The number of carbonyl (C=O) groups excluding carboxylic acids is 1. The number of aryl methyl sites for hydroxylation is 1. The predicted molar refractivity (Wildman–Crippen MR) is 131 cm³/mol. The number of thioether (sulfide) groups is 1. The van der Waals surface area contributed by atoms with Crippen LogP contribution in [0.15, 0.2) is 76.2 Å². The molecule has 0 bridgehead atoms. The first-order valence-electron chi connectivity index (χ1n) is 10.0. The van der Waals surface area contributed by atoms with Gasteiger partial charge in [-0.2, -0.15) is 5.10 Å². The van der Waals surface area contributed by atoms with E-state index in [0.717, 1.165) is 26.7 Å². The summed E-state index contributed by atoms with van der Waals surface area (Å²) < 4.78 is 4.33. The topological polar surface area (TPSA) is 59.3 Å². The van der Waals surface area contributed by atoms with Gasteiger partial charge >= 0.3 is 0 Å². The van der Waals surface area contributed by atoms with Gasteiger partial charge in [0.25, 0.3) is 5.91 Å². The molecule has 0 aliphatic heterocycles. The summed E-state index contributed by atoms with van der Waals surface area (Å²) in [5.74, 6) is 0.129. The van der Waals surface area contributed by atoms with Gasteiger partial charge in [0.05, 0.1) is 22.2 Å². The lowest BCUT2D eigenvalue weighted by molar-refractivity contribution is -0.118. The second-order valence-electron chi connectivity index (χ2n) is 7.07. The third-order valence-electron chi connectivity index (χ3n) is 5.12. The SMILES string of the molecule is CCn1c2ccccc2c2cc(/C=N/NC(=O)CSc3nc4ccccc4s3)ccc21. The van der Waals surface area contributed by atoms with E-state index in [4.69, 9.17) is 0 Å². The van der Waals surface area contributed by atoms with E-state index in [2.05, 4.69) is 63.4 Å². The molecule has 5 nitrogen and oxygen atoms in total. The summed E-state index contributed by atoms with van der Waals surface area (Å²) in [4.78, 5) is 16.7. The van der Waals surface area contributed by atoms with E-state index < -0.39 is 0 Å². The Bertz CT molecular complexity index is 1400. The molecule has 2 aromatic heterocycles. The molecule has 0 fully saturated rings. The van der Waals surface area contributed by atoms with Crippen LogP contribution in [0.5, 0.6) is 0 Å². The van der Waals surface area contributed by atoms with Crippen molar-refractivity contribution in [1.82, 2.24) is 15.0 Å². The Balaban J connectivity index is 1.26. The van der Waals surface area contributed by atoms with Crippen molar-refractivity contribution in [3.63, 3.8) is 0 Å². The fraction of sp³-hybridized carbons (Fsp3) is 0.125. The van der Waals surface area contributed by atoms with Crippen LogP contribution in [0.4, 0.5) is 0 Å². The molecule has 3 aromatic carbocycles. The highest BCUT2D eigenvalue weighted by molar-refractivity contribution is 8.01. The Hall–Kier alpha value is -3.16. The van der Waals surface area contributed by atoms with Gasteiger partial charge in [-0.1, -0.05) is 48.2 Å². The van der Waals surface area contributed by atoms with Crippen molar-refractivity contribution in [2.24, 2.45) is 5.10 Å². The van der Waals surface area contributed by atoms with E-state index in [1.54, 1.807) is 17.6 Å². The molecule has 0 aliphatic rings. The lowest BCUT2D eigenvalue weighted by atomic mass is 10.1. The zero-order valence-electron chi connectivity index (χ0n) is 16.9. The molecule has 5 aromatic rings. The molecule has 0 atom stereocenters. The quantitative estimate of drug-likeness (QED) is 0.209. The minimum absolute atomic E-state index is 0.149. The van der Waals surface area contributed by atoms with Crippen LogP contribution in [0.25, 0.3) is 32.0 Å². The number of nitrogens with zero attached hydrogens (tertiary/aromatic N) is 3. The third-order valence-corrected chi connectivity index (χ3v) is 7.30. The Kier molecular flexibility index (Phi) is 5.44. The molecule has 5 rings (SSSR count). The van der Waals surface area contributed by atoms with E-state index in [0.29, 0.717) is 0 Å². The van der Waals surface area contributed by atoms with E-state index in [1.807, 2.05) is 30.3 Å². The highest BCUT2D eigenvalue weighted by atomic mass is 32.2. The van der Waals surface area contributed by atoms with Gasteiger partial charge in [0.15, 0.2) is 4.34 Å². The van der Waals surface area contributed by atoms with Crippen molar-refractivity contribution in [1.29, 1.82) is 0 Å². The molecule has 0 unspecified atom stereocenters. The largest absolute Gasteiger partial charge is 0.341 e. The maximum Gasteiger partial charge on any atom is 0.250 e. The third kappa shape index (κ3) is 3.94. The fourth-order valence-electron chi connectivity index (χ4n) is 3.74. The van der Waals surface area contributed by atoms with E-state index in [1.165, 1.54) is 33.6 Å².